The Morgan fingerprint density at radius 1 is 1.43 bits per heavy atom. The van der Waals surface area contributed by atoms with Gasteiger partial charge in [0.05, 0.1) is 0 Å². The lowest BCUT2D eigenvalue weighted by Gasteiger charge is -2.35. The van der Waals surface area contributed by atoms with E-state index in [1.54, 1.807) is 0 Å². The number of hydrogen-bond donors (Lipinski definition) is 1. The van der Waals surface area contributed by atoms with Gasteiger partial charge in [-0.25, -0.2) is 0 Å². The molecule has 2 atom stereocenters. The van der Waals surface area contributed by atoms with Gasteiger partial charge in [-0.1, -0.05) is 6.92 Å². The number of hydrogen-bond acceptors (Lipinski definition) is 2. The van der Waals surface area contributed by atoms with Gasteiger partial charge >= 0.3 is 0 Å². The van der Waals surface area contributed by atoms with Gasteiger partial charge in [-0.2, -0.15) is 0 Å². The van der Waals surface area contributed by atoms with Gasteiger partial charge in [-0.15, -0.1) is 0 Å². The lowest BCUT2D eigenvalue weighted by Crippen LogP contribution is -2.48. The van der Waals surface area contributed by atoms with Crippen molar-refractivity contribution >= 4 is 5.91 Å². The van der Waals surface area contributed by atoms with Crippen LogP contribution in [0, 0.1) is 11.8 Å². The highest BCUT2D eigenvalue weighted by Crippen LogP contribution is 2.33. The Labute approximate surface area is 85.6 Å². The van der Waals surface area contributed by atoms with Crippen LogP contribution in [0.2, 0.25) is 0 Å². The third kappa shape index (κ3) is 2.27. The fraction of sp³-hybridized carbons (Fsp3) is 0.909. The standard InChI is InChI=1S/C11H20N2O/c1-8-7-13(5-4-10(8)12)11(14)6-9-2-3-9/h8-10H,2-7,12H2,1H3. The number of carbonyl (C=O) groups excluding carboxylic acids is 1. The van der Waals surface area contributed by atoms with Gasteiger partial charge in [0.1, 0.15) is 0 Å². The van der Waals surface area contributed by atoms with Crippen LogP contribution in [0.1, 0.15) is 32.6 Å². The number of nitrogens with zero attached hydrogens (tertiary/aromatic N) is 1. The molecule has 3 heteroatoms. The summed E-state index contributed by atoms with van der Waals surface area (Å²) < 4.78 is 0. The fourth-order valence-electron chi connectivity index (χ4n) is 2.09. The van der Waals surface area contributed by atoms with Gasteiger partial charge in [-0.3, -0.25) is 4.79 Å². The predicted octanol–water partition coefficient (Wildman–Crippen LogP) is 0.982. The first-order valence-electron chi connectivity index (χ1n) is 5.70. The van der Waals surface area contributed by atoms with E-state index in [1.807, 2.05) is 4.90 Å². The smallest absolute Gasteiger partial charge is 0.222 e. The third-order valence-electron chi connectivity index (χ3n) is 3.48. The lowest BCUT2D eigenvalue weighted by atomic mass is 9.94. The number of likely N-dealkylation sites (tertiary alicyclic amines) is 1. The highest BCUT2D eigenvalue weighted by atomic mass is 16.2. The Morgan fingerprint density at radius 2 is 2.14 bits per heavy atom. The van der Waals surface area contributed by atoms with E-state index in [-0.39, 0.29) is 0 Å². The number of nitrogens with two attached hydrogens (primary N) is 1. The molecule has 1 saturated carbocycles. The minimum absolute atomic E-state index is 0.292. The number of rotatable bonds is 2. The molecule has 14 heavy (non-hydrogen) atoms. The van der Waals surface area contributed by atoms with Crippen molar-refractivity contribution < 1.29 is 4.79 Å². The van der Waals surface area contributed by atoms with Crippen molar-refractivity contribution in [2.45, 2.75) is 38.6 Å². The lowest BCUT2D eigenvalue weighted by molar-refractivity contribution is -0.133. The molecule has 1 heterocycles. The molecule has 0 spiro atoms. The molecule has 2 unspecified atom stereocenters. The van der Waals surface area contributed by atoms with Crippen LogP contribution in [0.15, 0.2) is 0 Å². The molecule has 0 aromatic rings. The van der Waals surface area contributed by atoms with Crippen LogP contribution < -0.4 is 5.73 Å². The highest BCUT2D eigenvalue weighted by molar-refractivity contribution is 5.76. The van der Waals surface area contributed by atoms with Crippen LogP contribution in [-0.4, -0.2) is 29.9 Å². The minimum Gasteiger partial charge on any atom is -0.342 e. The van der Waals surface area contributed by atoms with Crippen molar-refractivity contribution in [1.29, 1.82) is 0 Å². The topological polar surface area (TPSA) is 46.3 Å². The normalized spacial score (nSPS) is 33.1. The number of piperidine rings is 1. The molecule has 80 valence electrons. The molecular weight excluding hydrogens is 176 g/mol. The molecule has 1 aliphatic heterocycles. The van der Waals surface area contributed by atoms with E-state index in [0.717, 1.165) is 25.9 Å². The average molecular weight is 196 g/mol. The molecule has 0 aromatic heterocycles. The highest BCUT2D eigenvalue weighted by Gasteiger charge is 2.30. The molecule has 0 aromatic carbocycles. The largest absolute Gasteiger partial charge is 0.342 e. The molecule has 2 aliphatic rings. The van der Waals surface area contributed by atoms with Gasteiger partial charge < -0.3 is 10.6 Å². The Morgan fingerprint density at radius 3 is 2.71 bits per heavy atom. The van der Waals surface area contributed by atoms with Gasteiger partial charge in [0, 0.05) is 25.6 Å². The van der Waals surface area contributed by atoms with Crippen molar-refractivity contribution in [1.82, 2.24) is 4.90 Å². The van der Waals surface area contributed by atoms with Crippen molar-refractivity contribution in [2.24, 2.45) is 17.6 Å². The van der Waals surface area contributed by atoms with E-state index in [4.69, 9.17) is 5.73 Å². The second kappa shape index (κ2) is 3.89. The molecule has 1 amide bonds. The average Bonchev–Trinajstić information content (AvgIpc) is 2.93. The summed E-state index contributed by atoms with van der Waals surface area (Å²) in [5, 5.41) is 0. The van der Waals surface area contributed by atoms with Crippen molar-refractivity contribution in [3.05, 3.63) is 0 Å². The van der Waals surface area contributed by atoms with Crippen LogP contribution >= 0.6 is 0 Å². The van der Waals surface area contributed by atoms with Gasteiger partial charge in [-0.05, 0) is 31.1 Å². The maximum atomic E-state index is 11.8. The fourth-order valence-corrected chi connectivity index (χ4v) is 2.09. The summed E-state index contributed by atoms with van der Waals surface area (Å²) in [6, 6.07) is 0.292. The van der Waals surface area contributed by atoms with E-state index >= 15 is 0 Å². The van der Waals surface area contributed by atoms with Crippen molar-refractivity contribution in [2.75, 3.05) is 13.1 Å². The Bertz CT molecular complexity index is 225. The van der Waals surface area contributed by atoms with E-state index < -0.39 is 0 Å². The molecule has 0 radical (unpaired) electrons. The Hall–Kier alpha value is -0.570. The zero-order valence-electron chi connectivity index (χ0n) is 8.91. The quantitative estimate of drug-likeness (QED) is 0.715. The molecular formula is C11H20N2O. The van der Waals surface area contributed by atoms with E-state index in [9.17, 15) is 4.79 Å². The van der Waals surface area contributed by atoms with Gasteiger partial charge in [0.15, 0.2) is 0 Å². The summed E-state index contributed by atoms with van der Waals surface area (Å²) >= 11 is 0. The van der Waals surface area contributed by atoms with Crippen molar-refractivity contribution in [3.63, 3.8) is 0 Å². The van der Waals surface area contributed by atoms with Gasteiger partial charge in [0.2, 0.25) is 5.91 Å². The molecule has 1 saturated heterocycles. The van der Waals surface area contributed by atoms with Gasteiger partial charge in [0.25, 0.3) is 0 Å². The number of amides is 1. The van der Waals surface area contributed by atoms with Crippen molar-refractivity contribution in [3.8, 4) is 0 Å². The van der Waals surface area contributed by atoms with Crippen LogP contribution in [0.3, 0.4) is 0 Å². The Kier molecular flexibility index (Phi) is 2.77. The van der Waals surface area contributed by atoms with E-state index in [2.05, 4.69) is 6.92 Å². The van der Waals surface area contributed by atoms with E-state index in [1.165, 1.54) is 12.8 Å². The van der Waals surface area contributed by atoms with Crippen LogP contribution in [-0.2, 0) is 4.79 Å². The summed E-state index contributed by atoms with van der Waals surface area (Å²) in [6.07, 6.45) is 4.27. The molecule has 3 nitrogen and oxygen atoms in total. The second-order valence-corrected chi connectivity index (χ2v) is 4.92. The van der Waals surface area contributed by atoms with Crippen LogP contribution in [0.5, 0.6) is 0 Å². The first kappa shape index (κ1) is 9.97. The third-order valence-corrected chi connectivity index (χ3v) is 3.48. The van der Waals surface area contributed by atoms with E-state index in [0.29, 0.717) is 23.8 Å². The molecule has 1 aliphatic carbocycles. The summed E-state index contributed by atoms with van der Waals surface area (Å²) in [6.45, 7) is 3.88. The second-order valence-electron chi connectivity index (χ2n) is 4.92. The molecule has 2 rings (SSSR count). The number of carbonyl (C=O) groups is 1. The summed E-state index contributed by atoms with van der Waals surface area (Å²) in [5.74, 6) is 1.52. The minimum atomic E-state index is 0.292. The van der Waals surface area contributed by atoms with Crippen LogP contribution in [0.25, 0.3) is 0 Å². The van der Waals surface area contributed by atoms with Crippen LogP contribution in [0.4, 0.5) is 0 Å². The molecule has 2 N–H and O–H groups in total. The summed E-state index contributed by atoms with van der Waals surface area (Å²) in [7, 11) is 0. The zero-order chi connectivity index (χ0) is 10.1. The first-order chi connectivity index (χ1) is 6.66. The maximum absolute atomic E-state index is 11.8. The summed E-state index contributed by atoms with van der Waals surface area (Å²) in [4.78, 5) is 13.8. The zero-order valence-corrected chi connectivity index (χ0v) is 8.91. The molecule has 2 fully saturated rings. The predicted molar refractivity (Wildman–Crippen MR) is 55.7 cm³/mol. The maximum Gasteiger partial charge on any atom is 0.222 e. The first-order valence-corrected chi connectivity index (χ1v) is 5.70. The Balaban J connectivity index is 1.82. The summed E-state index contributed by atoms with van der Waals surface area (Å²) in [5.41, 5.74) is 5.92. The molecule has 0 bridgehead atoms. The monoisotopic (exact) mass is 196 g/mol. The SMILES string of the molecule is CC1CN(C(=O)CC2CC2)CCC1N.